The Labute approximate surface area is 428 Å². The molecule has 0 atom stereocenters. The van der Waals surface area contributed by atoms with Crippen LogP contribution in [-0.2, 0) is 44.2 Å². The first-order chi connectivity index (χ1) is 34.2. The van der Waals surface area contributed by atoms with Gasteiger partial charge in [-0.05, 0) is 141 Å². The summed E-state index contributed by atoms with van der Waals surface area (Å²) in [5, 5.41) is 13.4. The molecule has 0 spiro atoms. The molecule has 0 saturated heterocycles. The number of fused-ring (bicyclic) bond motifs is 1. The summed E-state index contributed by atoms with van der Waals surface area (Å²) in [6.45, 7) is 5.48. The lowest BCUT2D eigenvalue weighted by Gasteiger charge is -2.45. The van der Waals surface area contributed by atoms with Crippen molar-refractivity contribution in [2.24, 2.45) is 0 Å². The maximum absolute atomic E-state index is 12.5. The number of carbonyl (C=O) groups is 4. The van der Waals surface area contributed by atoms with Crippen molar-refractivity contribution >= 4 is 46.3 Å². The average Bonchev–Trinajstić information content (AvgIpc) is 3.77. The summed E-state index contributed by atoms with van der Waals surface area (Å²) in [5.74, 6) is 1.65. The van der Waals surface area contributed by atoms with Crippen LogP contribution >= 0.6 is 11.8 Å². The van der Waals surface area contributed by atoms with Gasteiger partial charge in [0.05, 0.1) is 0 Å². The zero-order valence-electron chi connectivity index (χ0n) is 43.4. The first-order valence-electron chi connectivity index (χ1n) is 26.0. The number of thioether (sulfide) groups is 1. The molecule has 11 nitrogen and oxygen atoms in total. The number of nitrogens with zero attached hydrogens (tertiary/aromatic N) is 2. The summed E-state index contributed by atoms with van der Waals surface area (Å²) in [4.78, 5) is 57.4. The van der Waals surface area contributed by atoms with Crippen molar-refractivity contribution in [2.45, 2.75) is 139 Å². The standard InChI is InChI=1S/C30H40N4O2.C29H41N3O2S/c1-22-7-6-8-23(19-22)20-30(34(2)3)16-13-25(14-17-30)33-29(36)12-11-28(35)31-18-15-24-21-32-27-10-5-4-9-26(24)27;1-23-8-7-11-25(20-23)21-29(32(2)3)16-14-26(15-17-29)31-28(34)13-12-27(33)30-18-19-35-22-24-9-5-4-6-10-24/h4-10,19,21,25,32H,11-18,20H2,1-3H3,(H,31,35)(H,33,36);4-11,20,26H,12-19,21-22H2,1-3H3,(H,30,33)(H,31,34). The van der Waals surface area contributed by atoms with Crippen LogP contribution in [0, 0.1) is 13.8 Å². The highest BCUT2D eigenvalue weighted by Gasteiger charge is 2.39. The summed E-state index contributed by atoms with van der Waals surface area (Å²) < 4.78 is 0. The van der Waals surface area contributed by atoms with Crippen molar-refractivity contribution < 1.29 is 19.2 Å². The molecule has 7 rings (SSSR count). The fraction of sp³-hybridized carbons (Fsp3) is 0.492. The van der Waals surface area contributed by atoms with Gasteiger partial charge in [0.15, 0.2) is 0 Å². The van der Waals surface area contributed by atoms with Crippen molar-refractivity contribution in [1.82, 2.24) is 36.1 Å². The van der Waals surface area contributed by atoms with Crippen LogP contribution in [0.5, 0.6) is 0 Å². The van der Waals surface area contributed by atoms with E-state index in [4.69, 9.17) is 0 Å². The average molecular weight is 984 g/mol. The van der Waals surface area contributed by atoms with Crippen LogP contribution in [0.15, 0.2) is 109 Å². The SMILES string of the molecule is Cc1cccc(CC2(N(C)C)CCC(NC(=O)CCC(=O)NCCSCc3ccccc3)CC2)c1.Cc1cccc(CC2(N(C)C)CCC(NC(=O)CCC(=O)NCCc3c[nH]c4ccccc34)CC2)c1. The molecule has 0 aliphatic heterocycles. The van der Waals surface area contributed by atoms with Crippen molar-refractivity contribution in [3.63, 3.8) is 0 Å². The summed E-state index contributed by atoms with van der Waals surface area (Å²) in [7, 11) is 8.69. The summed E-state index contributed by atoms with van der Waals surface area (Å²) in [6.07, 6.45) is 13.9. The number of likely N-dealkylation sites (N-methyl/N-ethyl adjacent to an activating group) is 2. The minimum Gasteiger partial charge on any atom is -0.361 e. The molecule has 0 radical (unpaired) electrons. The minimum atomic E-state index is -0.0709. The number of aromatic nitrogens is 1. The molecule has 4 amide bonds. The number of hydrogen-bond donors (Lipinski definition) is 5. The van der Waals surface area contributed by atoms with Gasteiger partial charge in [-0.1, -0.05) is 108 Å². The van der Waals surface area contributed by atoms with E-state index in [1.807, 2.05) is 42.6 Å². The first-order valence-corrected chi connectivity index (χ1v) is 27.1. The predicted molar refractivity (Wildman–Crippen MR) is 292 cm³/mol. The molecule has 71 heavy (non-hydrogen) atoms. The second-order valence-corrected chi connectivity index (χ2v) is 21.7. The molecule has 382 valence electrons. The molecule has 4 aromatic carbocycles. The molecular weight excluding hydrogens is 903 g/mol. The third kappa shape index (κ3) is 17.4. The predicted octanol–water partition coefficient (Wildman–Crippen LogP) is 9.24. The van der Waals surface area contributed by atoms with E-state index in [-0.39, 0.29) is 72.5 Å². The maximum Gasteiger partial charge on any atom is 0.220 e. The summed E-state index contributed by atoms with van der Waals surface area (Å²) in [5.41, 5.74) is 9.20. The van der Waals surface area contributed by atoms with Gasteiger partial charge in [0.2, 0.25) is 23.6 Å². The highest BCUT2D eigenvalue weighted by atomic mass is 32.2. The van der Waals surface area contributed by atoms with Crippen LogP contribution < -0.4 is 21.3 Å². The van der Waals surface area contributed by atoms with Crippen LogP contribution in [0.25, 0.3) is 10.9 Å². The Morgan fingerprint density at radius 1 is 0.577 bits per heavy atom. The number of amides is 4. The molecule has 2 fully saturated rings. The van der Waals surface area contributed by atoms with Gasteiger partial charge in [0, 0.05) is 90.5 Å². The zero-order chi connectivity index (χ0) is 50.6. The second-order valence-electron chi connectivity index (χ2n) is 20.6. The molecule has 1 aromatic heterocycles. The van der Waals surface area contributed by atoms with E-state index in [2.05, 4.69) is 145 Å². The number of aromatic amines is 1. The van der Waals surface area contributed by atoms with Crippen LogP contribution in [0.3, 0.4) is 0 Å². The molecule has 0 unspecified atom stereocenters. The van der Waals surface area contributed by atoms with E-state index in [0.29, 0.717) is 13.1 Å². The fourth-order valence-corrected chi connectivity index (χ4v) is 11.3. The van der Waals surface area contributed by atoms with Gasteiger partial charge < -0.3 is 36.1 Å². The van der Waals surface area contributed by atoms with Crippen LogP contribution in [0.2, 0.25) is 0 Å². The summed E-state index contributed by atoms with van der Waals surface area (Å²) >= 11 is 1.80. The number of rotatable bonds is 22. The molecule has 5 aromatic rings. The highest BCUT2D eigenvalue weighted by Crippen LogP contribution is 2.37. The van der Waals surface area contributed by atoms with Gasteiger partial charge in [-0.2, -0.15) is 11.8 Å². The van der Waals surface area contributed by atoms with Gasteiger partial charge in [-0.25, -0.2) is 0 Å². The molecule has 12 heteroatoms. The Bertz CT molecular complexity index is 2450. The van der Waals surface area contributed by atoms with Gasteiger partial charge in [-0.15, -0.1) is 0 Å². The maximum atomic E-state index is 12.5. The summed E-state index contributed by atoms with van der Waals surface area (Å²) in [6, 6.07) is 36.4. The van der Waals surface area contributed by atoms with Crippen molar-refractivity contribution in [2.75, 3.05) is 47.0 Å². The van der Waals surface area contributed by atoms with E-state index in [0.717, 1.165) is 87.7 Å². The van der Waals surface area contributed by atoms with Crippen LogP contribution in [0.4, 0.5) is 0 Å². The van der Waals surface area contributed by atoms with E-state index in [1.54, 1.807) is 11.8 Å². The minimum absolute atomic E-state index is 0.0142. The number of hydrogen-bond acceptors (Lipinski definition) is 7. The number of H-pyrrole nitrogens is 1. The van der Waals surface area contributed by atoms with Crippen LogP contribution in [-0.4, -0.2) is 109 Å². The van der Waals surface area contributed by atoms with Gasteiger partial charge >= 0.3 is 0 Å². The van der Waals surface area contributed by atoms with Crippen LogP contribution in [0.1, 0.15) is 110 Å². The Hall–Kier alpha value is -5.43. The van der Waals surface area contributed by atoms with Gasteiger partial charge in [0.1, 0.15) is 0 Å². The lowest BCUT2D eigenvalue weighted by molar-refractivity contribution is -0.127. The third-order valence-electron chi connectivity index (χ3n) is 14.9. The van der Waals surface area contributed by atoms with E-state index in [1.165, 1.54) is 38.8 Å². The molecular formula is C59H81N7O4S. The largest absolute Gasteiger partial charge is 0.361 e. The molecule has 2 aliphatic carbocycles. The smallest absolute Gasteiger partial charge is 0.220 e. The number of carbonyl (C=O) groups excluding carboxylic acids is 4. The highest BCUT2D eigenvalue weighted by molar-refractivity contribution is 7.98. The van der Waals surface area contributed by atoms with Crippen molar-refractivity contribution in [3.8, 4) is 0 Å². The Morgan fingerprint density at radius 3 is 1.55 bits per heavy atom. The topological polar surface area (TPSA) is 139 Å². The quantitative estimate of drug-likeness (QED) is 0.0436. The Morgan fingerprint density at radius 2 is 1.04 bits per heavy atom. The Balaban J connectivity index is 0.000000233. The number of para-hydroxylation sites is 1. The fourth-order valence-electron chi connectivity index (χ4n) is 10.5. The lowest BCUT2D eigenvalue weighted by atomic mass is 9.74. The number of aryl methyl sites for hydroxylation is 2. The number of nitrogens with one attached hydrogen (secondary N) is 5. The molecule has 0 bridgehead atoms. The monoisotopic (exact) mass is 984 g/mol. The van der Waals surface area contributed by atoms with Gasteiger partial charge in [0.25, 0.3) is 0 Å². The zero-order valence-corrected chi connectivity index (χ0v) is 44.2. The Kier molecular flexibility index (Phi) is 21.2. The van der Waals surface area contributed by atoms with Crippen molar-refractivity contribution in [3.05, 3.63) is 143 Å². The molecule has 5 N–H and O–H groups in total. The number of benzene rings is 4. The molecule has 2 saturated carbocycles. The van der Waals surface area contributed by atoms with E-state index < -0.39 is 0 Å². The lowest BCUT2D eigenvalue weighted by Crippen LogP contribution is -2.52. The molecule has 1 heterocycles. The van der Waals surface area contributed by atoms with Gasteiger partial charge in [-0.3, -0.25) is 19.2 Å². The second kappa shape index (κ2) is 27.4. The third-order valence-corrected chi connectivity index (χ3v) is 16.0. The van der Waals surface area contributed by atoms with E-state index >= 15 is 0 Å². The first kappa shape index (κ1) is 54.9. The molecule has 2 aliphatic rings. The van der Waals surface area contributed by atoms with Crippen molar-refractivity contribution in [1.29, 1.82) is 0 Å². The normalized spacial score (nSPS) is 19.9. The van der Waals surface area contributed by atoms with E-state index in [9.17, 15) is 19.2 Å².